The first-order valence-electron chi connectivity index (χ1n) is 10.5. The Morgan fingerprint density at radius 1 is 1.12 bits per heavy atom. The molecule has 0 saturated carbocycles. The highest BCUT2D eigenvalue weighted by Crippen LogP contribution is 2.26. The number of hydrogen-bond acceptors (Lipinski definition) is 5. The van der Waals surface area contributed by atoms with E-state index in [0.29, 0.717) is 33.1 Å². The van der Waals surface area contributed by atoms with E-state index in [1.807, 2.05) is 44.4 Å². The zero-order valence-corrected chi connectivity index (χ0v) is 23.6. The molecule has 2 aromatic carbocycles. The molecule has 180 valence electrons. The van der Waals surface area contributed by atoms with Crippen LogP contribution in [0.25, 0.3) is 0 Å². The van der Waals surface area contributed by atoms with E-state index in [9.17, 15) is 9.59 Å². The highest BCUT2D eigenvalue weighted by molar-refractivity contribution is 14.1. The second-order valence-electron chi connectivity index (χ2n) is 7.66. The summed E-state index contributed by atoms with van der Waals surface area (Å²) in [7, 11) is 0. The first kappa shape index (κ1) is 26.8. The monoisotopic (exact) mass is 631 g/mol. The number of amides is 2. The molecular formula is C23H24Cl2IN5O2S. The van der Waals surface area contributed by atoms with Gasteiger partial charge in [-0.1, -0.05) is 35.0 Å². The Morgan fingerprint density at radius 2 is 1.79 bits per heavy atom. The van der Waals surface area contributed by atoms with Gasteiger partial charge in [-0.05, 0) is 91.7 Å². The second-order valence-corrected chi connectivity index (χ2v) is 10.7. The first-order valence-corrected chi connectivity index (χ1v) is 13.3. The van der Waals surface area contributed by atoms with E-state index in [-0.39, 0.29) is 17.6 Å². The van der Waals surface area contributed by atoms with Crippen LogP contribution in [0.15, 0.2) is 35.5 Å². The van der Waals surface area contributed by atoms with Gasteiger partial charge in [-0.3, -0.25) is 9.59 Å². The van der Waals surface area contributed by atoms with Crippen LogP contribution < -0.4 is 10.6 Å². The summed E-state index contributed by atoms with van der Waals surface area (Å²) in [4.78, 5) is 25.2. The zero-order chi connectivity index (χ0) is 25.0. The molecule has 34 heavy (non-hydrogen) atoms. The molecule has 3 rings (SSSR count). The number of rotatable bonds is 8. The fourth-order valence-corrected chi connectivity index (χ4v) is 5.46. The molecule has 0 bridgehead atoms. The average Bonchev–Trinajstić information content (AvgIpc) is 3.19. The Balaban J connectivity index is 1.66. The van der Waals surface area contributed by atoms with Gasteiger partial charge in [0.1, 0.15) is 0 Å². The van der Waals surface area contributed by atoms with Crippen molar-refractivity contribution in [1.29, 1.82) is 0 Å². The van der Waals surface area contributed by atoms with Crippen LogP contribution >= 0.6 is 57.6 Å². The molecule has 0 aliphatic carbocycles. The predicted molar refractivity (Wildman–Crippen MR) is 146 cm³/mol. The van der Waals surface area contributed by atoms with E-state index in [1.165, 1.54) is 17.8 Å². The van der Waals surface area contributed by atoms with E-state index in [0.717, 1.165) is 20.4 Å². The lowest BCUT2D eigenvalue weighted by Gasteiger charge is -2.15. The number of carbonyl (C=O) groups is 2. The number of aromatic nitrogens is 3. The summed E-state index contributed by atoms with van der Waals surface area (Å²) in [6.07, 6.45) is 0. The van der Waals surface area contributed by atoms with Gasteiger partial charge in [0.05, 0.1) is 21.8 Å². The van der Waals surface area contributed by atoms with Gasteiger partial charge < -0.3 is 15.2 Å². The third-order valence-electron chi connectivity index (χ3n) is 5.07. The second kappa shape index (κ2) is 11.7. The largest absolute Gasteiger partial charge is 0.342 e. The van der Waals surface area contributed by atoms with Crippen molar-refractivity contribution in [1.82, 2.24) is 20.1 Å². The number of anilines is 1. The van der Waals surface area contributed by atoms with Crippen molar-refractivity contribution in [3.8, 4) is 0 Å². The van der Waals surface area contributed by atoms with Gasteiger partial charge in [-0.15, -0.1) is 10.2 Å². The number of halogens is 3. The molecule has 0 aliphatic rings. The Hall–Kier alpha value is -1.82. The molecule has 0 unspecified atom stereocenters. The highest BCUT2D eigenvalue weighted by Gasteiger charge is 2.21. The van der Waals surface area contributed by atoms with E-state index in [2.05, 4.69) is 43.4 Å². The smallest absolute Gasteiger partial charge is 0.251 e. The molecule has 0 aliphatic heterocycles. The van der Waals surface area contributed by atoms with Crippen LogP contribution in [-0.2, 0) is 11.3 Å². The minimum absolute atomic E-state index is 0.120. The van der Waals surface area contributed by atoms with Crippen molar-refractivity contribution in [2.24, 2.45) is 0 Å². The summed E-state index contributed by atoms with van der Waals surface area (Å²) >= 11 is 15.5. The van der Waals surface area contributed by atoms with Gasteiger partial charge in [0.25, 0.3) is 5.91 Å². The van der Waals surface area contributed by atoms with Gasteiger partial charge in [-0.2, -0.15) is 0 Å². The number of thioether (sulfide) groups is 1. The Kier molecular flexibility index (Phi) is 9.25. The number of carbonyl (C=O) groups excluding carboxylic acids is 2. The van der Waals surface area contributed by atoms with Crippen molar-refractivity contribution in [2.45, 2.75) is 45.4 Å². The molecule has 1 atom stereocenters. The van der Waals surface area contributed by atoms with Crippen molar-refractivity contribution in [3.63, 3.8) is 0 Å². The maximum absolute atomic E-state index is 12.6. The first-order chi connectivity index (χ1) is 16.1. The molecule has 7 nitrogen and oxygen atoms in total. The van der Waals surface area contributed by atoms with E-state index >= 15 is 0 Å². The van der Waals surface area contributed by atoms with Gasteiger partial charge in [0.15, 0.2) is 11.0 Å². The maximum Gasteiger partial charge on any atom is 0.251 e. The molecule has 0 radical (unpaired) electrons. The van der Waals surface area contributed by atoms with Crippen LogP contribution in [0.2, 0.25) is 10.0 Å². The third kappa shape index (κ3) is 6.44. The van der Waals surface area contributed by atoms with Crippen molar-refractivity contribution >= 4 is 75.1 Å². The van der Waals surface area contributed by atoms with Crippen LogP contribution in [-0.4, -0.2) is 32.3 Å². The Labute approximate surface area is 226 Å². The SMILES string of the molecule is CCn1c(SCC(=O)Nc2c(C)cc(I)cc2C)nnc1[C@H](C)NC(=O)c1ccc(Cl)c(Cl)c1. The summed E-state index contributed by atoms with van der Waals surface area (Å²) in [5, 5.41) is 15.7. The van der Waals surface area contributed by atoms with Crippen LogP contribution in [0.4, 0.5) is 5.69 Å². The Bertz CT molecular complexity index is 1210. The molecule has 1 heterocycles. The van der Waals surface area contributed by atoms with Gasteiger partial charge in [0, 0.05) is 21.4 Å². The van der Waals surface area contributed by atoms with Crippen molar-refractivity contribution in [2.75, 3.05) is 11.1 Å². The van der Waals surface area contributed by atoms with E-state index in [4.69, 9.17) is 23.2 Å². The number of benzene rings is 2. The topological polar surface area (TPSA) is 88.9 Å². The number of hydrogen-bond donors (Lipinski definition) is 2. The Morgan fingerprint density at radius 3 is 2.41 bits per heavy atom. The fourth-order valence-electron chi connectivity index (χ4n) is 3.42. The number of nitrogens with one attached hydrogen (secondary N) is 2. The molecule has 0 spiro atoms. The summed E-state index contributed by atoms with van der Waals surface area (Å²) < 4.78 is 3.02. The summed E-state index contributed by atoms with van der Waals surface area (Å²) in [5.74, 6) is 0.370. The van der Waals surface area contributed by atoms with Gasteiger partial charge in [0.2, 0.25) is 5.91 Å². The molecule has 2 amide bonds. The molecule has 1 aromatic heterocycles. The normalized spacial score (nSPS) is 11.9. The van der Waals surface area contributed by atoms with E-state index < -0.39 is 6.04 Å². The lowest BCUT2D eigenvalue weighted by molar-refractivity contribution is -0.113. The third-order valence-corrected chi connectivity index (χ3v) is 7.40. The van der Waals surface area contributed by atoms with Crippen molar-refractivity contribution in [3.05, 3.63) is 66.5 Å². The zero-order valence-electron chi connectivity index (χ0n) is 19.1. The van der Waals surface area contributed by atoms with Crippen LogP contribution in [0.1, 0.15) is 47.2 Å². The maximum atomic E-state index is 12.6. The van der Waals surface area contributed by atoms with E-state index in [1.54, 1.807) is 12.1 Å². The standard InChI is InChI=1S/C23H24Cl2IN5O2S/c1-5-31-21(14(4)27-22(33)15-6-7-17(24)18(25)10-15)29-30-23(31)34-11-19(32)28-20-12(2)8-16(26)9-13(20)3/h6-10,14H,5,11H2,1-4H3,(H,27,33)(H,28,32)/t14-/m0/s1. The number of aryl methyl sites for hydroxylation is 2. The quantitative estimate of drug-likeness (QED) is 0.233. The lowest BCUT2D eigenvalue weighted by atomic mass is 10.1. The predicted octanol–water partition coefficient (Wildman–Crippen LogP) is 6.05. The summed E-state index contributed by atoms with van der Waals surface area (Å²) in [5.41, 5.74) is 3.28. The molecule has 0 fully saturated rings. The number of nitrogens with zero attached hydrogens (tertiary/aromatic N) is 3. The lowest BCUT2D eigenvalue weighted by Crippen LogP contribution is -2.28. The summed E-state index contributed by atoms with van der Waals surface area (Å²) in [6, 6.07) is 8.37. The minimum atomic E-state index is -0.408. The van der Waals surface area contributed by atoms with Crippen LogP contribution in [0, 0.1) is 17.4 Å². The molecule has 2 N–H and O–H groups in total. The molecule has 3 aromatic rings. The van der Waals surface area contributed by atoms with Gasteiger partial charge in [-0.25, -0.2) is 0 Å². The average molecular weight is 632 g/mol. The molecule has 0 saturated heterocycles. The fraction of sp³-hybridized carbons (Fsp3) is 0.304. The molecule has 11 heteroatoms. The van der Waals surface area contributed by atoms with Gasteiger partial charge >= 0.3 is 0 Å². The van der Waals surface area contributed by atoms with Crippen molar-refractivity contribution < 1.29 is 9.59 Å². The summed E-state index contributed by atoms with van der Waals surface area (Å²) in [6.45, 7) is 8.34. The minimum Gasteiger partial charge on any atom is -0.342 e. The van der Waals surface area contributed by atoms with Crippen LogP contribution in [0.3, 0.4) is 0 Å². The van der Waals surface area contributed by atoms with Crippen LogP contribution in [0.5, 0.6) is 0 Å². The highest BCUT2D eigenvalue weighted by atomic mass is 127. The molecular weight excluding hydrogens is 608 g/mol.